The topological polar surface area (TPSA) is 55.5 Å². The third-order valence-electron chi connectivity index (χ3n) is 3.16. The second-order valence-electron chi connectivity index (χ2n) is 5.05. The smallest absolute Gasteiger partial charge is 0.0608 e. The fourth-order valence-corrected chi connectivity index (χ4v) is 2.04. The summed E-state index contributed by atoms with van der Waals surface area (Å²) in [5.74, 6) is 0. The third-order valence-corrected chi connectivity index (χ3v) is 3.16. The van der Waals surface area contributed by atoms with Crippen molar-refractivity contribution in [3.63, 3.8) is 0 Å². The van der Waals surface area contributed by atoms with E-state index in [1.54, 1.807) is 0 Å². The molecule has 0 aromatic heterocycles. The summed E-state index contributed by atoms with van der Waals surface area (Å²) in [5.41, 5.74) is 5.40. The molecule has 0 aliphatic heterocycles. The molecule has 15 heavy (non-hydrogen) atoms. The molecule has 0 aromatic rings. The van der Waals surface area contributed by atoms with Crippen LogP contribution in [0.3, 0.4) is 0 Å². The van der Waals surface area contributed by atoms with Crippen LogP contribution in [0, 0.1) is 0 Å². The molecule has 0 heterocycles. The van der Waals surface area contributed by atoms with E-state index >= 15 is 0 Å². The first-order valence-electron chi connectivity index (χ1n) is 6.15. The van der Waals surface area contributed by atoms with Crippen molar-refractivity contribution < 1.29 is 9.84 Å². The zero-order valence-electron chi connectivity index (χ0n) is 9.87. The Bertz CT molecular complexity index is 165. The highest BCUT2D eigenvalue weighted by atomic mass is 16.5. The van der Waals surface area contributed by atoms with Crippen LogP contribution in [0.2, 0.25) is 0 Å². The monoisotopic (exact) mass is 215 g/mol. The number of aliphatic hydroxyl groups is 1. The van der Waals surface area contributed by atoms with Crippen molar-refractivity contribution >= 4 is 0 Å². The van der Waals surface area contributed by atoms with Crippen molar-refractivity contribution in [2.24, 2.45) is 5.73 Å². The van der Waals surface area contributed by atoms with Gasteiger partial charge in [-0.05, 0) is 32.6 Å². The molecule has 3 N–H and O–H groups in total. The van der Waals surface area contributed by atoms with Gasteiger partial charge in [0, 0.05) is 12.1 Å². The van der Waals surface area contributed by atoms with Crippen LogP contribution in [-0.4, -0.2) is 30.0 Å². The summed E-state index contributed by atoms with van der Waals surface area (Å²) in [4.78, 5) is 0. The molecule has 0 saturated heterocycles. The molecule has 0 radical (unpaired) electrons. The Kier molecular flexibility index (Phi) is 5.58. The molecule has 0 spiro atoms. The van der Waals surface area contributed by atoms with Crippen LogP contribution in [0.1, 0.15) is 51.9 Å². The molecule has 3 heteroatoms. The lowest BCUT2D eigenvalue weighted by Gasteiger charge is -2.24. The zero-order valence-corrected chi connectivity index (χ0v) is 9.87. The maximum atomic E-state index is 8.98. The summed E-state index contributed by atoms with van der Waals surface area (Å²) < 4.78 is 5.79. The molecular weight excluding hydrogens is 190 g/mol. The molecule has 0 aromatic carbocycles. The van der Waals surface area contributed by atoms with E-state index < -0.39 is 5.54 Å². The van der Waals surface area contributed by atoms with Gasteiger partial charge in [-0.15, -0.1) is 0 Å². The minimum Gasteiger partial charge on any atom is -0.394 e. The summed E-state index contributed by atoms with van der Waals surface area (Å²) in [6.07, 6.45) is 8.70. The predicted octanol–water partition coefficient (Wildman–Crippen LogP) is 1.83. The standard InChI is InChI=1S/C12H25NO2/c1-12(13,10-14)8-5-9-15-11-6-3-2-4-7-11/h11,14H,2-10,13H2,1H3. The van der Waals surface area contributed by atoms with Gasteiger partial charge in [-0.25, -0.2) is 0 Å². The molecule has 1 unspecified atom stereocenters. The summed E-state index contributed by atoms with van der Waals surface area (Å²) in [6, 6.07) is 0. The molecular formula is C12H25NO2. The van der Waals surface area contributed by atoms with E-state index in [0.29, 0.717) is 6.10 Å². The van der Waals surface area contributed by atoms with Gasteiger partial charge in [-0.2, -0.15) is 0 Å². The molecule has 0 amide bonds. The Morgan fingerprint density at radius 1 is 1.33 bits per heavy atom. The lowest BCUT2D eigenvalue weighted by atomic mass is 9.97. The van der Waals surface area contributed by atoms with E-state index in [-0.39, 0.29) is 6.61 Å². The number of ether oxygens (including phenoxy) is 1. The Morgan fingerprint density at radius 3 is 2.60 bits per heavy atom. The third kappa shape index (κ3) is 5.50. The van der Waals surface area contributed by atoms with Gasteiger partial charge in [0.2, 0.25) is 0 Å². The Hall–Kier alpha value is -0.120. The highest BCUT2D eigenvalue weighted by molar-refractivity contribution is 4.76. The highest BCUT2D eigenvalue weighted by Crippen LogP contribution is 2.20. The summed E-state index contributed by atoms with van der Waals surface area (Å²) in [5, 5.41) is 8.98. The minimum atomic E-state index is -0.435. The molecule has 0 bridgehead atoms. The van der Waals surface area contributed by atoms with Crippen LogP contribution >= 0.6 is 0 Å². The summed E-state index contributed by atoms with van der Waals surface area (Å²) in [6.45, 7) is 2.72. The van der Waals surface area contributed by atoms with Gasteiger partial charge in [0.25, 0.3) is 0 Å². The number of rotatable bonds is 6. The van der Waals surface area contributed by atoms with Crippen molar-refractivity contribution in [3.05, 3.63) is 0 Å². The van der Waals surface area contributed by atoms with E-state index in [0.717, 1.165) is 19.4 Å². The van der Waals surface area contributed by atoms with Gasteiger partial charge < -0.3 is 15.6 Å². The average molecular weight is 215 g/mol. The SMILES string of the molecule is CC(N)(CO)CCCOC1CCCCC1. The highest BCUT2D eigenvalue weighted by Gasteiger charge is 2.17. The Balaban J connectivity index is 2.00. The Labute approximate surface area is 93.0 Å². The second kappa shape index (κ2) is 6.46. The van der Waals surface area contributed by atoms with Gasteiger partial charge in [0.15, 0.2) is 0 Å². The van der Waals surface area contributed by atoms with Gasteiger partial charge in [0.05, 0.1) is 12.7 Å². The zero-order chi connectivity index (χ0) is 11.1. The first kappa shape index (κ1) is 12.9. The second-order valence-corrected chi connectivity index (χ2v) is 5.05. The predicted molar refractivity (Wildman–Crippen MR) is 61.7 cm³/mol. The van der Waals surface area contributed by atoms with Crippen LogP contribution in [0.4, 0.5) is 0 Å². The van der Waals surface area contributed by atoms with E-state index in [4.69, 9.17) is 15.6 Å². The first-order chi connectivity index (χ1) is 7.14. The van der Waals surface area contributed by atoms with Gasteiger partial charge in [-0.3, -0.25) is 0 Å². The van der Waals surface area contributed by atoms with Crippen LogP contribution in [-0.2, 0) is 4.74 Å². The molecule has 1 saturated carbocycles. The first-order valence-corrected chi connectivity index (χ1v) is 6.15. The summed E-state index contributed by atoms with van der Waals surface area (Å²) >= 11 is 0. The van der Waals surface area contributed by atoms with Crippen LogP contribution < -0.4 is 5.73 Å². The van der Waals surface area contributed by atoms with Crippen LogP contribution in [0.15, 0.2) is 0 Å². The van der Waals surface area contributed by atoms with Crippen molar-refractivity contribution in [2.75, 3.05) is 13.2 Å². The molecule has 1 rings (SSSR count). The van der Waals surface area contributed by atoms with Crippen molar-refractivity contribution in [2.45, 2.75) is 63.5 Å². The van der Waals surface area contributed by atoms with E-state index in [1.165, 1.54) is 32.1 Å². The molecule has 1 aliphatic rings. The summed E-state index contributed by atoms with van der Waals surface area (Å²) in [7, 11) is 0. The van der Waals surface area contributed by atoms with Crippen LogP contribution in [0.25, 0.3) is 0 Å². The largest absolute Gasteiger partial charge is 0.394 e. The Morgan fingerprint density at radius 2 is 2.00 bits per heavy atom. The van der Waals surface area contributed by atoms with Gasteiger partial charge in [-0.1, -0.05) is 19.3 Å². The fraction of sp³-hybridized carbons (Fsp3) is 1.00. The van der Waals surface area contributed by atoms with E-state index in [1.807, 2.05) is 6.92 Å². The quantitative estimate of drug-likeness (QED) is 0.665. The van der Waals surface area contributed by atoms with Gasteiger partial charge in [0.1, 0.15) is 0 Å². The molecule has 1 fully saturated rings. The minimum absolute atomic E-state index is 0.0520. The lowest BCUT2D eigenvalue weighted by molar-refractivity contribution is 0.0233. The molecule has 1 atom stereocenters. The maximum Gasteiger partial charge on any atom is 0.0608 e. The number of hydrogen-bond donors (Lipinski definition) is 2. The fourth-order valence-electron chi connectivity index (χ4n) is 2.04. The average Bonchev–Trinajstić information content (AvgIpc) is 2.26. The normalized spacial score (nSPS) is 22.6. The van der Waals surface area contributed by atoms with E-state index in [2.05, 4.69) is 0 Å². The number of aliphatic hydroxyl groups excluding tert-OH is 1. The maximum absolute atomic E-state index is 8.98. The van der Waals surface area contributed by atoms with Crippen molar-refractivity contribution in [1.29, 1.82) is 0 Å². The van der Waals surface area contributed by atoms with Crippen molar-refractivity contribution in [1.82, 2.24) is 0 Å². The van der Waals surface area contributed by atoms with E-state index in [9.17, 15) is 0 Å². The number of hydrogen-bond acceptors (Lipinski definition) is 3. The van der Waals surface area contributed by atoms with Crippen LogP contribution in [0.5, 0.6) is 0 Å². The lowest BCUT2D eigenvalue weighted by Crippen LogP contribution is -2.40. The van der Waals surface area contributed by atoms with Crippen molar-refractivity contribution in [3.8, 4) is 0 Å². The van der Waals surface area contributed by atoms with Gasteiger partial charge >= 0.3 is 0 Å². The number of nitrogens with two attached hydrogens (primary N) is 1. The molecule has 90 valence electrons. The molecule has 1 aliphatic carbocycles. The molecule has 3 nitrogen and oxygen atoms in total.